The molecule has 2 rings (SSSR count). The van der Waals surface area contributed by atoms with Crippen LogP contribution in [-0.2, 0) is 22.7 Å². The third-order valence-corrected chi connectivity index (χ3v) is 3.11. The zero-order valence-electron chi connectivity index (χ0n) is 11.3. The molecule has 1 N–H and O–H groups in total. The van der Waals surface area contributed by atoms with E-state index in [1.54, 1.807) is 6.08 Å². The standard InChI is InChI=1S/C17H15ClO3/c18-16-7-3-4-13(10-16)11-21-12-15-6-2-1-5-14(15)8-9-17(19)20/h1-10H,11-12H2,(H,19,20). The Balaban J connectivity index is 1.98. The molecule has 2 aromatic carbocycles. The summed E-state index contributed by atoms with van der Waals surface area (Å²) in [7, 11) is 0. The maximum atomic E-state index is 10.6. The molecule has 0 fully saturated rings. The molecule has 0 aliphatic carbocycles. The highest BCUT2D eigenvalue weighted by Gasteiger charge is 2.01. The second kappa shape index (κ2) is 7.62. The Morgan fingerprint density at radius 1 is 1.14 bits per heavy atom. The number of aliphatic carboxylic acids is 1. The fourth-order valence-corrected chi connectivity index (χ4v) is 2.11. The van der Waals surface area contributed by atoms with Gasteiger partial charge in [-0.2, -0.15) is 0 Å². The van der Waals surface area contributed by atoms with Crippen LogP contribution in [0.15, 0.2) is 54.6 Å². The second-order valence-electron chi connectivity index (χ2n) is 4.49. The summed E-state index contributed by atoms with van der Waals surface area (Å²) in [6.07, 6.45) is 2.69. The monoisotopic (exact) mass is 302 g/mol. The minimum absolute atomic E-state index is 0.409. The summed E-state index contributed by atoms with van der Waals surface area (Å²) in [6, 6.07) is 15.0. The Kier molecular flexibility index (Phi) is 5.55. The van der Waals surface area contributed by atoms with E-state index in [0.717, 1.165) is 22.8 Å². The van der Waals surface area contributed by atoms with Crippen LogP contribution in [0.25, 0.3) is 6.08 Å². The number of ether oxygens (including phenoxy) is 1. The van der Waals surface area contributed by atoms with E-state index in [2.05, 4.69) is 0 Å². The zero-order chi connectivity index (χ0) is 15.1. The minimum atomic E-state index is -0.968. The molecule has 0 spiro atoms. The first kappa shape index (κ1) is 15.3. The van der Waals surface area contributed by atoms with Gasteiger partial charge in [0.15, 0.2) is 0 Å². The van der Waals surface area contributed by atoms with Crippen LogP contribution in [-0.4, -0.2) is 11.1 Å². The maximum absolute atomic E-state index is 10.6. The quantitative estimate of drug-likeness (QED) is 0.815. The largest absolute Gasteiger partial charge is 0.478 e. The van der Waals surface area contributed by atoms with E-state index in [1.165, 1.54) is 0 Å². The number of hydrogen-bond donors (Lipinski definition) is 1. The SMILES string of the molecule is O=C(O)C=Cc1ccccc1COCc1cccc(Cl)c1. The van der Waals surface area contributed by atoms with Gasteiger partial charge in [-0.15, -0.1) is 0 Å². The van der Waals surface area contributed by atoms with Gasteiger partial charge in [0.25, 0.3) is 0 Å². The fourth-order valence-electron chi connectivity index (χ4n) is 1.89. The number of carbonyl (C=O) groups is 1. The first-order valence-electron chi connectivity index (χ1n) is 6.46. The number of carboxylic acids is 1. The molecule has 0 saturated carbocycles. The van der Waals surface area contributed by atoms with E-state index >= 15 is 0 Å². The Bertz CT molecular complexity index is 650. The Labute approximate surface area is 128 Å². The first-order chi connectivity index (χ1) is 10.1. The predicted molar refractivity (Wildman–Crippen MR) is 83.1 cm³/mol. The van der Waals surface area contributed by atoms with Crippen molar-refractivity contribution in [1.82, 2.24) is 0 Å². The average molecular weight is 303 g/mol. The van der Waals surface area contributed by atoms with E-state index in [1.807, 2.05) is 48.5 Å². The number of carboxylic acid groups (broad SMARTS) is 1. The molecule has 108 valence electrons. The van der Waals surface area contributed by atoms with Crippen LogP contribution in [0.1, 0.15) is 16.7 Å². The van der Waals surface area contributed by atoms with Crippen LogP contribution in [0.3, 0.4) is 0 Å². The van der Waals surface area contributed by atoms with Crippen LogP contribution in [0, 0.1) is 0 Å². The van der Waals surface area contributed by atoms with Gasteiger partial charge in [0.2, 0.25) is 0 Å². The van der Waals surface area contributed by atoms with E-state index in [0.29, 0.717) is 18.2 Å². The summed E-state index contributed by atoms with van der Waals surface area (Å²) >= 11 is 5.92. The van der Waals surface area contributed by atoms with Crippen LogP contribution in [0.4, 0.5) is 0 Å². The molecule has 0 aliphatic heterocycles. The highest BCUT2D eigenvalue weighted by atomic mass is 35.5. The highest BCUT2D eigenvalue weighted by Crippen LogP contribution is 2.15. The molecular weight excluding hydrogens is 288 g/mol. The lowest BCUT2D eigenvalue weighted by atomic mass is 10.1. The fraction of sp³-hybridized carbons (Fsp3) is 0.118. The summed E-state index contributed by atoms with van der Waals surface area (Å²) in [5.74, 6) is -0.968. The maximum Gasteiger partial charge on any atom is 0.328 e. The van der Waals surface area contributed by atoms with Crippen LogP contribution in [0.5, 0.6) is 0 Å². The number of halogens is 1. The molecule has 0 aromatic heterocycles. The van der Waals surface area contributed by atoms with Crippen molar-refractivity contribution in [2.24, 2.45) is 0 Å². The van der Waals surface area contributed by atoms with Gasteiger partial charge in [-0.25, -0.2) is 4.79 Å². The molecule has 4 heteroatoms. The first-order valence-corrected chi connectivity index (χ1v) is 6.84. The smallest absolute Gasteiger partial charge is 0.328 e. The van der Waals surface area contributed by atoms with Crippen molar-refractivity contribution >= 4 is 23.6 Å². The van der Waals surface area contributed by atoms with Gasteiger partial charge in [-0.1, -0.05) is 48.0 Å². The van der Waals surface area contributed by atoms with Crippen molar-refractivity contribution in [2.45, 2.75) is 13.2 Å². The van der Waals surface area contributed by atoms with Crippen molar-refractivity contribution in [3.05, 3.63) is 76.3 Å². The van der Waals surface area contributed by atoms with Gasteiger partial charge in [-0.05, 0) is 34.9 Å². The Morgan fingerprint density at radius 2 is 1.95 bits per heavy atom. The molecule has 0 unspecified atom stereocenters. The van der Waals surface area contributed by atoms with Crippen molar-refractivity contribution in [1.29, 1.82) is 0 Å². The normalized spacial score (nSPS) is 10.9. The van der Waals surface area contributed by atoms with E-state index in [9.17, 15) is 4.79 Å². The molecule has 2 aromatic rings. The average Bonchev–Trinajstić information content (AvgIpc) is 2.46. The summed E-state index contributed by atoms with van der Waals surface area (Å²) in [5.41, 5.74) is 2.78. The van der Waals surface area contributed by atoms with Gasteiger partial charge in [-0.3, -0.25) is 0 Å². The van der Waals surface area contributed by atoms with E-state index in [-0.39, 0.29) is 0 Å². The highest BCUT2D eigenvalue weighted by molar-refractivity contribution is 6.30. The Morgan fingerprint density at radius 3 is 2.71 bits per heavy atom. The molecule has 0 amide bonds. The van der Waals surface area contributed by atoms with Gasteiger partial charge >= 0.3 is 5.97 Å². The van der Waals surface area contributed by atoms with Gasteiger partial charge in [0.1, 0.15) is 0 Å². The molecular formula is C17H15ClO3. The van der Waals surface area contributed by atoms with Gasteiger partial charge in [0.05, 0.1) is 13.2 Å². The number of benzene rings is 2. The molecule has 0 heterocycles. The topological polar surface area (TPSA) is 46.5 Å². The van der Waals surface area contributed by atoms with Crippen LogP contribution in [0.2, 0.25) is 5.02 Å². The molecule has 0 aliphatic rings. The summed E-state index contributed by atoms with van der Waals surface area (Å²) in [6.45, 7) is 0.865. The number of rotatable bonds is 6. The van der Waals surface area contributed by atoms with Crippen molar-refractivity contribution < 1.29 is 14.6 Å². The van der Waals surface area contributed by atoms with Gasteiger partial charge < -0.3 is 9.84 Å². The molecule has 0 bridgehead atoms. The lowest BCUT2D eigenvalue weighted by Crippen LogP contribution is -1.96. The van der Waals surface area contributed by atoms with Crippen LogP contribution < -0.4 is 0 Å². The summed E-state index contributed by atoms with van der Waals surface area (Å²) < 4.78 is 5.67. The third-order valence-electron chi connectivity index (χ3n) is 2.88. The number of hydrogen-bond acceptors (Lipinski definition) is 2. The minimum Gasteiger partial charge on any atom is -0.478 e. The van der Waals surface area contributed by atoms with Gasteiger partial charge in [0, 0.05) is 11.1 Å². The lowest BCUT2D eigenvalue weighted by Gasteiger charge is -2.08. The Hall–Kier alpha value is -2.10. The predicted octanol–water partition coefficient (Wildman–Crippen LogP) is 4.15. The molecule has 0 saturated heterocycles. The van der Waals surface area contributed by atoms with Crippen molar-refractivity contribution in [3.8, 4) is 0 Å². The molecule has 0 radical (unpaired) electrons. The van der Waals surface area contributed by atoms with Crippen molar-refractivity contribution in [3.63, 3.8) is 0 Å². The molecule has 21 heavy (non-hydrogen) atoms. The molecule has 3 nitrogen and oxygen atoms in total. The zero-order valence-corrected chi connectivity index (χ0v) is 12.1. The third kappa shape index (κ3) is 5.06. The van der Waals surface area contributed by atoms with Crippen molar-refractivity contribution in [2.75, 3.05) is 0 Å². The summed E-state index contributed by atoms with van der Waals surface area (Å²) in [4.78, 5) is 10.6. The summed E-state index contributed by atoms with van der Waals surface area (Å²) in [5, 5.41) is 9.37. The second-order valence-corrected chi connectivity index (χ2v) is 4.93. The van der Waals surface area contributed by atoms with Crippen LogP contribution >= 0.6 is 11.6 Å². The molecule has 0 atom stereocenters. The van der Waals surface area contributed by atoms with E-state index in [4.69, 9.17) is 21.4 Å². The lowest BCUT2D eigenvalue weighted by molar-refractivity contribution is -0.131. The van der Waals surface area contributed by atoms with E-state index < -0.39 is 5.97 Å².